The first kappa shape index (κ1) is 14.8. The Bertz CT molecular complexity index is 501. The fourth-order valence-corrected chi connectivity index (χ4v) is 2.61. The second-order valence-electron chi connectivity index (χ2n) is 5.06. The molecular weight excluding hydrogens is 271 g/mol. The summed E-state index contributed by atoms with van der Waals surface area (Å²) in [5, 5.41) is 9.32. The van der Waals surface area contributed by atoms with Crippen molar-refractivity contribution in [2.24, 2.45) is 5.92 Å². The molecule has 1 aliphatic rings. The van der Waals surface area contributed by atoms with Crippen molar-refractivity contribution >= 4 is 5.91 Å². The van der Waals surface area contributed by atoms with Gasteiger partial charge in [0.2, 0.25) is 0 Å². The number of alkyl halides is 3. The van der Waals surface area contributed by atoms with Gasteiger partial charge in [-0.15, -0.1) is 0 Å². The van der Waals surface area contributed by atoms with Crippen LogP contribution in [-0.2, 0) is 6.18 Å². The quantitative estimate of drug-likeness (QED) is 0.908. The van der Waals surface area contributed by atoms with Crippen molar-refractivity contribution in [3.63, 3.8) is 0 Å². The third-order valence-corrected chi connectivity index (χ3v) is 3.79. The molecule has 20 heavy (non-hydrogen) atoms. The molecule has 1 heterocycles. The van der Waals surface area contributed by atoms with Crippen LogP contribution in [0.1, 0.15) is 29.3 Å². The molecule has 1 saturated heterocycles. The second-order valence-corrected chi connectivity index (χ2v) is 5.06. The Kier molecular flexibility index (Phi) is 4.04. The van der Waals surface area contributed by atoms with Crippen molar-refractivity contribution in [1.29, 1.82) is 0 Å². The zero-order chi connectivity index (χ0) is 14.9. The van der Waals surface area contributed by atoms with Crippen molar-refractivity contribution in [2.75, 3.05) is 13.2 Å². The maximum atomic E-state index is 12.9. The van der Waals surface area contributed by atoms with Crippen LogP contribution in [0.5, 0.6) is 0 Å². The summed E-state index contributed by atoms with van der Waals surface area (Å²) in [6.07, 6.45) is -3.88. The lowest BCUT2D eigenvalue weighted by Gasteiger charge is -2.26. The number of nitrogens with zero attached hydrogens (tertiary/aromatic N) is 1. The lowest BCUT2D eigenvalue weighted by molar-refractivity contribution is -0.138. The van der Waals surface area contributed by atoms with Crippen molar-refractivity contribution < 1.29 is 23.1 Å². The lowest BCUT2D eigenvalue weighted by Crippen LogP contribution is -2.40. The molecule has 1 N–H and O–H groups in total. The normalized spacial score (nSPS) is 23.1. The van der Waals surface area contributed by atoms with Crippen LogP contribution in [0.15, 0.2) is 24.3 Å². The van der Waals surface area contributed by atoms with Crippen LogP contribution in [-0.4, -0.2) is 35.1 Å². The highest BCUT2D eigenvalue weighted by Gasteiger charge is 2.39. The van der Waals surface area contributed by atoms with Crippen molar-refractivity contribution in [1.82, 2.24) is 4.90 Å². The Labute approximate surface area is 115 Å². The minimum absolute atomic E-state index is 0.0852. The third kappa shape index (κ3) is 2.65. The highest BCUT2D eigenvalue weighted by Crippen LogP contribution is 2.34. The SMILES string of the molecule is CC1CCN(C(=O)c2ccccc2C(F)(F)F)C1CO. The Morgan fingerprint density at radius 3 is 2.65 bits per heavy atom. The van der Waals surface area contributed by atoms with E-state index in [4.69, 9.17) is 0 Å². The molecule has 0 aliphatic carbocycles. The molecule has 0 saturated carbocycles. The molecule has 6 heteroatoms. The molecule has 2 rings (SSSR count). The summed E-state index contributed by atoms with van der Waals surface area (Å²) in [6, 6.07) is 4.35. The highest BCUT2D eigenvalue weighted by molar-refractivity contribution is 5.96. The molecule has 110 valence electrons. The van der Waals surface area contributed by atoms with E-state index in [1.54, 1.807) is 0 Å². The average Bonchev–Trinajstić information content (AvgIpc) is 2.78. The van der Waals surface area contributed by atoms with Gasteiger partial charge in [-0.05, 0) is 24.5 Å². The zero-order valence-electron chi connectivity index (χ0n) is 11.0. The number of halogens is 3. The molecule has 1 aromatic carbocycles. The summed E-state index contributed by atoms with van der Waals surface area (Å²) < 4.78 is 38.8. The van der Waals surface area contributed by atoms with E-state index < -0.39 is 23.7 Å². The van der Waals surface area contributed by atoms with E-state index in [-0.39, 0.29) is 18.1 Å². The molecular formula is C14H16F3NO2. The minimum Gasteiger partial charge on any atom is -0.394 e. The first-order valence-corrected chi connectivity index (χ1v) is 6.44. The Morgan fingerprint density at radius 2 is 2.05 bits per heavy atom. The second kappa shape index (κ2) is 5.44. The summed E-state index contributed by atoms with van der Waals surface area (Å²) in [4.78, 5) is 13.7. The minimum atomic E-state index is -4.56. The van der Waals surface area contributed by atoms with Crippen LogP contribution in [0.3, 0.4) is 0 Å². The number of carbonyl (C=O) groups excluding carboxylic acids is 1. The van der Waals surface area contributed by atoms with Crippen LogP contribution in [0, 0.1) is 5.92 Å². The van der Waals surface area contributed by atoms with Crippen LogP contribution >= 0.6 is 0 Å². The number of rotatable bonds is 2. The van der Waals surface area contributed by atoms with Gasteiger partial charge < -0.3 is 10.0 Å². The molecule has 1 fully saturated rings. The predicted octanol–water partition coefficient (Wildman–Crippen LogP) is 2.55. The lowest BCUT2D eigenvalue weighted by atomic mass is 10.0. The van der Waals surface area contributed by atoms with Gasteiger partial charge in [0.15, 0.2) is 0 Å². The topological polar surface area (TPSA) is 40.5 Å². The fraction of sp³-hybridized carbons (Fsp3) is 0.500. The summed E-state index contributed by atoms with van der Waals surface area (Å²) in [6.45, 7) is 2.02. The van der Waals surface area contributed by atoms with Gasteiger partial charge in [0.25, 0.3) is 5.91 Å². The maximum absolute atomic E-state index is 12.9. The van der Waals surface area contributed by atoms with E-state index in [0.29, 0.717) is 13.0 Å². The molecule has 1 aliphatic heterocycles. The van der Waals surface area contributed by atoms with Gasteiger partial charge in [-0.3, -0.25) is 4.79 Å². The van der Waals surface area contributed by atoms with Gasteiger partial charge in [-0.1, -0.05) is 19.1 Å². The van der Waals surface area contributed by atoms with E-state index in [1.165, 1.54) is 23.1 Å². The molecule has 3 nitrogen and oxygen atoms in total. The summed E-state index contributed by atoms with van der Waals surface area (Å²) in [5.41, 5.74) is -1.28. The number of likely N-dealkylation sites (tertiary alicyclic amines) is 1. The number of amides is 1. The molecule has 0 aromatic heterocycles. The largest absolute Gasteiger partial charge is 0.417 e. The predicted molar refractivity (Wildman–Crippen MR) is 67.1 cm³/mol. The first-order chi connectivity index (χ1) is 9.36. The molecule has 1 amide bonds. The number of hydrogen-bond acceptors (Lipinski definition) is 2. The summed E-state index contributed by atoms with van der Waals surface area (Å²) >= 11 is 0. The number of benzene rings is 1. The molecule has 1 aromatic rings. The Hall–Kier alpha value is -1.56. The smallest absolute Gasteiger partial charge is 0.394 e. The fourth-order valence-electron chi connectivity index (χ4n) is 2.61. The maximum Gasteiger partial charge on any atom is 0.417 e. The standard InChI is InChI=1S/C14H16F3NO2/c1-9-6-7-18(12(9)8-19)13(20)10-4-2-3-5-11(10)14(15,16)17/h2-5,9,12,19H,6-8H2,1H3. The third-order valence-electron chi connectivity index (χ3n) is 3.79. The van der Waals surface area contributed by atoms with Crippen LogP contribution in [0.4, 0.5) is 13.2 Å². The molecule has 2 atom stereocenters. The summed E-state index contributed by atoms with van der Waals surface area (Å²) in [7, 11) is 0. The average molecular weight is 287 g/mol. The van der Waals surface area contributed by atoms with E-state index in [0.717, 1.165) is 6.07 Å². The van der Waals surface area contributed by atoms with Gasteiger partial charge in [0.1, 0.15) is 0 Å². The van der Waals surface area contributed by atoms with Gasteiger partial charge in [-0.2, -0.15) is 13.2 Å². The van der Waals surface area contributed by atoms with Crippen molar-refractivity contribution in [3.05, 3.63) is 35.4 Å². The highest BCUT2D eigenvalue weighted by atomic mass is 19.4. The van der Waals surface area contributed by atoms with E-state index in [2.05, 4.69) is 0 Å². The van der Waals surface area contributed by atoms with Crippen LogP contribution in [0.2, 0.25) is 0 Å². The van der Waals surface area contributed by atoms with Crippen LogP contribution in [0.25, 0.3) is 0 Å². The molecule has 0 spiro atoms. The summed E-state index contributed by atoms with van der Waals surface area (Å²) in [5.74, 6) is -0.580. The number of aliphatic hydroxyl groups is 1. The monoisotopic (exact) mass is 287 g/mol. The van der Waals surface area contributed by atoms with Crippen molar-refractivity contribution in [2.45, 2.75) is 25.6 Å². The van der Waals surface area contributed by atoms with E-state index >= 15 is 0 Å². The van der Waals surface area contributed by atoms with Crippen molar-refractivity contribution in [3.8, 4) is 0 Å². The van der Waals surface area contributed by atoms with E-state index in [9.17, 15) is 23.1 Å². The van der Waals surface area contributed by atoms with Gasteiger partial charge in [-0.25, -0.2) is 0 Å². The number of carbonyl (C=O) groups is 1. The Balaban J connectivity index is 2.35. The molecule has 2 unspecified atom stereocenters. The number of hydrogen-bond donors (Lipinski definition) is 1. The van der Waals surface area contributed by atoms with Gasteiger partial charge in [0, 0.05) is 6.54 Å². The number of aliphatic hydroxyl groups excluding tert-OH is 1. The molecule has 0 radical (unpaired) electrons. The Morgan fingerprint density at radius 1 is 1.40 bits per heavy atom. The van der Waals surface area contributed by atoms with Crippen LogP contribution < -0.4 is 0 Å². The first-order valence-electron chi connectivity index (χ1n) is 6.44. The van der Waals surface area contributed by atoms with Gasteiger partial charge >= 0.3 is 6.18 Å². The van der Waals surface area contributed by atoms with E-state index in [1.807, 2.05) is 6.92 Å². The van der Waals surface area contributed by atoms with Gasteiger partial charge in [0.05, 0.1) is 23.8 Å². The molecule has 0 bridgehead atoms. The zero-order valence-corrected chi connectivity index (χ0v) is 11.0.